The van der Waals surface area contributed by atoms with Crippen LogP contribution in [0.4, 0.5) is 0 Å². The van der Waals surface area contributed by atoms with E-state index in [9.17, 15) is 9.59 Å². The molecular weight excluding hydrogens is 294 g/mol. The fraction of sp³-hybridized carbons (Fsp3) is 0.333. The van der Waals surface area contributed by atoms with Gasteiger partial charge < -0.3 is 14.7 Å². The number of carbonyl (C=O) groups is 2. The quantitative estimate of drug-likeness (QED) is 0.786. The zero-order valence-corrected chi connectivity index (χ0v) is 12.8. The SMILES string of the molecule is C=CCN(CC(=O)O)C(=O)C(C)(C)Oc1ccc(Cl)cc1. The van der Waals surface area contributed by atoms with Crippen LogP contribution < -0.4 is 4.74 Å². The lowest BCUT2D eigenvalue weighted by atomic mass is 10.1. The van der Waals surface area contributed by atoms with Crippen molar-refractivity contribution in [2.75, 3.05) is 13.1 Å². The maximum Gasteiger partial charge on any atom is 0.323 e. The van der Waals surface area contributed by atoms with Crippen LogP contribution in [0.5, 0.6) is 5.75 Å². The number of carboxylic acids is 1. The molecule has 0 spiro atoms. The molecule has 0 bridgehead atoms. The van der Waals surface area contributed by atoms with Gasteiger partial charge in [0.05, 0.1) is 0 Å². The first-order valence-corrected chi connectivity index (χ1v) is 6.70. The molecular formula is C15H18ClNO4. The summed E-state index contributed by atoms with van der Waals surface area (Å²) in [5, 5.41) is 9.42. The van der Waals surface area contributed by atoms with Gasteiger partial charge in [-0.2, -0.15) is 0 Å². The summed E-state index contributed by atoms with van der Waals surface area (Å²) in [6.45, 7) is 6.43. The third-order valence-electron chi connectivity index (χ3n) is 2.66. The molecule has 0 radical (unpaired) electrons. The van der Waals surface area contributed by atoms with E-state index >= 15 is 0 Å². The van der Waals surface area contributed by atoms with Crippen molar-refractivity contribution in [2.24, 2.45) is 0 Å². The molecule has 0 aliphatic carbocycles. The fourth-order valence-electron chi connectivity index (χ4n) is 1.76. The van der Waals surface area contributed by atoms with Crippen molar-refractivity contribution in [3.05, 3.63) is 41.9 Å². The zero-order valence-electron chi connectivity index (χ0n) is 12.0. The molecule has 1 amide bonds. The van der Waals surface area contributed by atoms with Gasteiger partial charge in [-0.1, -0.05) is 17.7 Å². The first-order valence-electron chi connectivity index (χ1n) is 6.33. The summed E-state index contributed by atoms with van der Waals surface area (Å²) in [4.78, 5) is 24.4. The van der Waals surface area contributed by atoms with Crippen LogP contribution in [0.3, 0.4) is 0 Å². The summed E-state index contributed by atoms with van der Waals surface area (Å²) in [6.07, 6.45) is 1.47. The maximum absolute atomic E-state index is 12.4. The van der Waals surface area contributed by atoms with Gasteiger partial charge in [-0.15, -0.1) is 6.58 Å². The predicted octanol–water partition coefficient (Wildman–Crippen LogP) is 2.60. The Balaban J connectivity index is 2.87. The topological polar surface area (TPSA) is 66.8 Å². The molecule has 0 aliphatic rings. The number of hydrogen-bond donors (Lipinski definition) is 1. The van der Waals surface area contributed by atoms with E-state index in [0.29, 0.717) is 10.8 Å². The number of hydrogen-bond acceptors (Lipinski definition) is 3. The molecule has 0 unspecified atom stereocenters. The lowest BCUT2D eigenvalue weighted by molar-refractivity contribution is -0.151. The largest absolute Gasteiger partial charge is 0.480 e. The van der Waals surface area contributed by atoms with E-state index in [1.165, 1.54) is 11.0 Å². The molecule has 1 aromatic rings. The maximum atomic E-state index is 12.4. The van der Waals surface area contributed by atoms with Gasteiger partial charge in [0.25, 0.3) is 5.91 Å². The Kier molecular flexibility index (Phi) is 5.79. The van der Waals surface area contributed by atoms with E-state index in [0.717, 1.165) is 0 Å². The van der Waals surface area contributed by atoms with Gasteiger partial charge in [0.1, 0.15) is 12.3 Å². The molecule has 0 fully saturated rings. The average Bonchev–Trinajstić information content (AvgIpc) is 2.39. The summed E-state index contributed by atoms with van der Waals surface area (Å²) < 4.78 is 5.65. The molecule has 0 aliphatic heterocycles. The van der Waals surface area contributed by atoms with Gasteiger partial charge in [-0.3, -0.25) is 9.59 Å². The first kappa shape index (κ1) is 17.0. The highest BCUT2D eigenvalue weighted by atomic mass is 35.5. The van der Waals surface area contributed by atoms with Crippen LogP contribution in [0.25, 0.3) is 0 Å². The second-order valence-electron chi connectivity index (χ2n) is 4.93. The highest BCUT2D eigenvalue weighted by Gasteiger charge is 2.34. The van der Waals surface area contributed by atoms with Gasteiger partial charge in [-0.05, 0) is 38.1 Å². The minimum absolute atomic E-state index is 0.137. The highest BCUT2D eigenvalue weighted by molar-refractivity contribution is 6.30. The van der Waals surface area contributed by atoms with Crippen molar-refractivity contribution in [1.82, 2.24) is 4.90 Å². The molecule has 21 heavy (non-hydrogen) atoms. The highest BCUT2D eigenvalue weighted by Crippen LogP contribution is 2.22. The van der Waals surface area contributed by atoms with Crippen LogP contribution in [0, 0.1) is 0 Å². The minimum Gasteiger partial charge on any atom is -0.480 e. The van der Waals surface area contributed by atoms with Gasteiger partial charge in [0, 0.05) is 11.6 Å². The van der Waals surface area contributed by atoms with Gasteiger partial charge >= 0.3 is 5.97 Å². The molecule has 1 aromatic carbocycles. The predicted molar refractivity (Wildman–Crippen MR) is 80.6 cm³/mol. The second-order valence-corrected chi connectivity index (χ2v) is 5.37. The first-order chi connectivity index (χ1) is 9.76. The molecule has 114 valence electrons. The van der Waals surface area contributed by atoms with Crippen molar-refractivity contribution in [2.45, 2.75) is 19.4 Å². The van der Waals surface area contributed by atoms with Crippen molar-refractivity contribution in [3.63, 3.8) is 0 Å². The molecule has 0 atom stereocenters. The molecule has 1 N–H and O–H groups in total. The Hall–Kier alpha value is -2.01. The fourth-order valence-corrected chi connectivity index (χ4v) is 1.89. The van der Waals surface area contributed by atoms with E-state index in [1.54, 1.807) is 38.1 Å². The van der Waals surface area contributed by atoms with Crippen LogP contribution in [0.2, 0.25) is 5.02 Å². The number of carboxylic acid groups (broad SMARTS) is 1. The summed E-state index contributed by atoms with van der Waals surface area (Å²) in [6, 6.07) is 6.59. The van der Waals surface area contributed by atoms with E-state index in [-0.39, 0.29) is 6.54 Å². The molecule has 0 saturated heterocycles. The van der Waals surface area contributed by atoms with Crippen molar-refractivity contribution >= 4 is 23.5 Å². The van der Waals surface area contributed by atoms with Crippen LogP contribution in [-0.4, -0.2) is 40.6 Å². The Labute approximate surface area is 128 Å². The lowest BCUT2D eigenvalue weighted by Crippen LogP contribution is -2.50. The number of rotatable bonds is 7. The molecule has 1 rings (SSSR count). The lowest BCUT2D eigenvalue weighted by Gasteiger charge is -2.31. The standard InChI is InChI=1S/C15H18ClNO4/c1-4-9-17(10-13(18)19)14(20)15(2,3)21-12-7-5-11(16)6-8-12/h4-8H,1,9-10H2,2-3H3,(H,18,19). The summed E-state index contributed by atoms with van der Waals surface area (Å²) in [7, 11) is 0. The van der Waals surface area contributed by atoms with Crippen molar-refractivity contribution in [1.29, 1.82) is 0 Å². The summed E-state index contributed by atoms with van der Waals surface area (Å²) in [5.74, 6) is -1.04. The van der Waals surface area contributed by atoms with E-state index in [2.05, 4.69) is 6.58 Å². The number of benzene rings is 1. The number of aliphatic carboxylic acids is 1. The molecule has 0 aromatic heterocycles. The number of halogens is 1. The smallest absolute Gasteiger partial charge is 0.323 e. The molecule has 5 nitrogen and oxygen atoms in total. The van der Waals surface area contributed by atoms with E-state index in [4.69, 9.17) is 21.4 Å². The Bertz CT molecular complexity index is 525. The Morgan fingerprint density at radius 2 is 1.95 bits per heavy atom. The number of ether oxygens (including phenoxy) is 1. The summed E-state index contributed by atoms with van der Waals surface area (Å²) in [5.41, 5.74) is -1.20. The van der Waals surface area contributed by atoms with Gasteiger partial charge in [-0.25, -0.2) is 0 Å². The zero-order chi connectivity index (χ0) is 16.0. The number of amides is 1. The van der Waals surface area contributed by atoms with Crippen LogP contribution in [-0.2, 0) is 9.59 Å². The second kappa shape index (κ2) is 7.13. The van der Waals surface area contributed by atoms with E-state index < -0.39 is 24.0 Å². The normalized spacial score (nSPS) is 10.8. The number of nitrogens with zero attached hydrogens (tertiary/aromatic N) is 1. The van der Waals surface area contributed by atoms with Crippen molar-refractivity contribution < 1.29 is 19.4 Å². The Morgan fingerprint density at radius 1 is 1.38 bits per heavy atom. The number of carbonyl (C=O) groups excluding carboxylic acids is 1. The van der Waals surface area contributed by atoms with Crippen LogP contribution in [0.15, 0.2) is 36.9 Å². The third kappa shape index (κ3) is 5.11. The molecule has 0 saturated carbocycles. The molecule has 6 heteroatoms. The van der Waals surface area contributed by atoms with Gasteiger partial charge in [0.15, 0.2) is 5.60 Å². The molecule has 0 heterocycles. The minimum atomic E-state index is -1.20. The van der Waals surface area contributed by atoms with Gasteiger partial charge in [0.2, 0.25) is 0 Å². The summed E-state index contributed by atoms with van der Waals surface area (Å²) >= 11 is 5.79. The Morgan fingerprint density at radius 3 is 2.43 bits per heavy atom. The average molecular weight is 312 g/mol. The van der Waals surface area contributed by atoms with E-state index in [1.807, 2.05) is 0 Å². The van der Waals surface area contributed by atoms with Crippen LogP contribution in [0.1, 0.15) is 13.8 Å². The monoisotopic (exact) mass is 311 g/mol. The third-order valence-corrected chi connectivity index (χ3v) is 2.92. The van der Waals surface area contributed by atoms with Crippen molar-refractivity contribution in [3.8, 4) is 5.75 Å². The van der Waals surface area contributed by atoms with Crippen LogP contribution >= 0.6 is 11.6 Å².